The lowest BCUT2D eigenvalue weighted by molar-refractivity contribution is 0.0793. The number of carbonyl (C=O) groups is 1. The number of halogens is 1. The van der Waals surface area contributed by atoms with Gasteiger partial charge in [-0.1, -0.05) is 40.2 Å². The lowest BCUT2D eigenvalue weighted by atomic mass is 10.1. The number of rotatable bonds is 3. The Balaban J connectivity index is 1.68. The molecule has 1 fully saturated rings. The number of amides is 1. The van der Waals surface area contributed by atoms with Gasteiger partial charge < -0.3 is 9.32 Å². The van der Waals surface area contributed by atoms with Crippen molar-refractivity contribution in [1.82, 2.24) is 9.88 Å². The van der Waals surface area contributed by atoms with Crippen molar-refractivity contribution in [1.29, 1.82) is 0 Å². The van der Waals surface area contributed by atoms with Gasteiger partial charge in [-0.15, -0.1) is 0 Å². The average molecular weight is 397 g/mol. The Bertz CT molecular complexity index is 896. The molecule has 0 unspecified atom stereocenters. The molecule has 1 amide bonds. The van der Waals surface area contributed by atoms with Crippen LogP contribution in [0.15, 0.2) is 63.6 Å². The molecular formula is C20H17BrN2O2. The minimum atomic E-state index is 0.0523. The van der Waals surface area contributed by atoms with Gasteiger partial charge in [-0.25, -0.2) is 4.98 Å². The number of aromatic nitrogens is 1. The second kappa shape index (κ2) is 6.84. The van der Waals surface area contributed by atoms with E-state index in [-0.39, 0.29) is 5.91 Å². The number of nitrogens with zero attached hydrogens (tertiary/aromatic N) is 2. The zero-order chi connectivity index (χ0) is 17.2. The molecule has 0 saturated carbocycles. The van der Waals surface area contributed by atoms with Gasteiger partial charge in [0.25, 0.3) is 5.91 Å². The summed E-state index contributed by atoms with van der Waals surface area (Å²) >= 11 is 3.43. The number of oxazole rings is 1. The number of hydrogen-bond acceptors (Lipinski definition) is 3. The van der Waals surface area contributed by atoms with Gasteiger partial charge in [0.05, 0.1) is 11.8 Å². The van der Waals surface area contributed by atoms with E-state index < -0.39 is 0 Å². The van der Waals surface area contributed by atoms with Crippen molar-refractivity contribution in [3.05, 3.63) is 64.8 Å². The van der Waals surface area contributed by atoms with E-state index in [2.05, 4.69) is 20.9 Å². The summed E-state index contributed by atoms with van der Waals surface area (Å²) in [5.41, 5.74) is 2.33. The number of carbonyl (C=O) groups excluding carboxylic acids is 1. The summed E-state index contributed by atoms with van der Waals surface area (Å²) in [4.78, 5) is 19.1. The molecule has 0 atom stereocenters. The fourth-order valence-electron chi connectivity index (χ4n) is 3.09. The third-order valence-corrected chi connectivity index (χ3v) is 4.94. The predicted octanol–water partition coefficient (Wildman–Crippen LogP) is 5.01. The molecule has 4 rings (SSSR count). The molecule has 4 nitrogen and oxygen atoms in total. The monoisotopic (exact) mass is 396 g/mol. The van der Waals surface area contributed by atoms with E-state index in [9.17, 15) is 4.79 Å². The summed E-state index contributed by atoms with van der Waals surface area (Å²) in [7, 11) is 0. The summed E-state index contributed by atoms with van der Waals surface area (Å²) in [6.07, 6.45) is 3.84. The van der Waals surface area contributed by atoms with Crippen LogP contribution in [0.5, 0.6) is 0 Å². The molecule has 0 radical (unpaired) electrons. The molecule has 25 heavy (non-hydrogen) atoms. The third kappa shape index (κ3) is 3.24. The topological polar surface area (TPSA) is 46.3 Å². The van der Waals surface area contributed by atoms with Crippen LogP contribution in [-0.2, 0) is 0 Å². The standard InChI is InChI=1S/C20H17BrN2O2/c21-15-9-7-14(8-10-15)18-13-22-19(25-18)16-5-1-2-6-17(16)20(24)23-11-3-4-12-23/h1-2,5-10,13H,3-4,11-12H2. The highest BCUT2D eigenvalue weighted by molar-refractivity contribution is 9.10. The van der Waals surface area contributed by atoms with Gasteiger partial charge in [-0.3, -0.25) is 4.79 Å². The van der Waals surface area contributed by atoms with Gasteiger partial charge >= 0.3 is 0 Å². The van der Waals surface area contributed by atoms with Crippen LogP contribution in [0.25, 0.3) is 22.8 Å². The quantitative estimate of drug-likeness (QED) is 0.625. The van der Waals surface area contributed by atoms with Crippen LogP contribution in [0.2, 0.25) is 0 Å². The van der Waals surface area contributed by atoms with Crippen molar-refractivity contribution in [2.24, 2.45) is 0 Å². The second-order valence-corrected chi connectivity index (χ2v) is 7.00. The van der Waals surface area contributed by atoms with Crippen LogP contribution >= 0.6 is 15.9 Å². The molecule has 1 aliphatic rings. The molecular weight excluding hydrogens is 380 g/mol. The van der Waals surface area contributed by atoms with Gasteiger partial charge in [0.2, 0.25) is 5.89 Å². The van der Waals surface area contributed by atoms with E-state index in [1.54, 1.807) is 6.20 Å². The molecule has 1 saturated heterocycles. The van der Waals surface area contributed by atoms with Crippen LogP contribution in [0.3, 0.4) is 0 Å². The van der Waals surface area contributed by atoms with Gasteiger partial charge in [0.1, 0.15) is 0 Å². The maximum absolute atomic E-state index is 12.8. The van der Waals surface area contributed by atoms with Crippen LogP contribution < -0.4 is 0 Å². The zero-order valence-electron chi connectivity index (χ0n) is 13.6. The van der Waals surface area contributed by atoms with E-state index >= 15 is 0 Å². The summed E-state index contributed by atoms with van der Waals surface area (Å²) in [5.74, 6) is 1.21. The van der Waals surface area contributed by atoms with Gasteiger partial charge in [-0.05, 0) is 37.1 Å². The fourth-order valence-corrected chi connectivity index (χ4v) is 3.36. The first kappa shape index (κ1) is 16.1. The molecule has 2 aromatic carbocycles. The van der Waals surface area contributed by atoms with Crippen molar-refractivity contribution in [3.8, 4) is 22.8 Å². The molecule has 0 spiro atoms. The lowest BCUT2D eigenvalue weighted by Crippen LogP contribution is -2.28. The van der Waals surface area contributed by atoms with E-state index in [0.717, 1.165) is 41.5 Å². The fraction of sp³-hybridized carbons (Fsp3) is 0.200. The molecule has 5 heteroatoms. The van der Waals surface area contributed by atoms with Crippen LogP contribution in [-0.4, -0.2) is 28.9 Å². The minimum Gasteiger partial charge on any atom is -0.436 e. The molecule has 0 bridgehead atoms. The highest BCUT2D eigenvalue weighted by atomic mass is 79.9. The highest BCUT2D eigenvalue weighted by Gasteiger charge is 2.23. The van der Waals surface area contributed by atoms with Gasteiger partial charge in [0.15, 0.2) is 5.76 Å². The summed E-state index contributed by atoms with van der Waals surface area (Å²) < 4.78 is 6.96. The maximum atomic E-state index is 12.8. The van der Waals surface area contributed by atoms with E-state index in [4.69, 9.17) is 4.42 Å². The first-order valence-corrected chi connectivity index (χ1v) is 9.12. The number of likely N-dealkylation sites (tertiary alicyclic amines) is 1. The Hall–Kier alpha value is -2.40. The van der Waals surface area contributed by atoms with Crippen molar-refractivity contribution >= 4 is 21.8 Å². The summed E-state index contributed by atoms with van der Waals surface area (Å²) in [6, 6.07) is 15.4. The van der Waals surface area contributed by atoms with E-state index in [1.807, 2.05) is 53.4 Å². The normalized spacial score (nSPS) is 14.0. The molecule has 2 heterocycles. The largest absolute Gasteiger partial charge is 0.436 e. The Kier molecular flexibility index (Phi) is 4.40. The third-order valence-electron chi connectivity index (χ3n) is 4.42. The molecule has 1 aromatic heterocycles. The molecule has 126 valence electrons. The van der Waals surface area contributed by atoms with Crippen LogP contribution in [0.1, 0.15) is 23.2 Å². The molecule has 0 N–H and O–H groups in total. The second-order valence-electron chi connectivity index (χ2n) is 6.08. The highest BCUT2D eigenvalue weighted by Crippen LogP contribution is 2.30. The smallest absolute Gasteiger partial charge is 0.254 e. The van der Waals surface area contributed by atoms with Crippen LogP contribution in [0.4, 0.5) is 0 Å². The molecule has 1 aliphatic heterocycles. The summed E-state index contributed by atoms with van der Waals surface area (Å²) in [5, 5.41) is 0. The van der Waals surface area contributed by atoms with E-state index in [0.29, 0.717) is 17.2 Å². The van der Waals surface area contributed by atoms with Crippen molar-refractivity contribution in [3.63, 3.8) is 0 Å². The Morgan fingerprint density at radius 2 is 1.76 bits per heavy atom. The van der Waals surface area contributed by atoms with E-state index in [1.165, 1.54) is 0 Å². The summed E-state index contributed by atoms with van der Waals surface area (Å²) in [6.45, 7) is 1.64. The first-order valence-electron chi connectivity index (χ1n) is 8.33. The molecule has 0 aliphatic carbocycles. The minimum absolute atomic E-state index is 0.0523. The Morgan fingerprint density at radius 1 is 1.04 bits per heavy atom. The van der Waals surface area contributed by atoms with Crippen molar-refractivity contribution in [2.45, 2.75) is 12.8 Å². The van der Waals surface area contributed by atoms with Crippen molar-refractivity contribution < 1.29 is 9.21 Å². The van der Waals surface area contributed by atoms with Crippen LogP contribution in [0, 0.1) is 0 Å². The number of benzene rings is 2. The zero-order valence-corrected chi connectivity index (χ0v) is 15.2. The SMILES string of the molecule is O=C(c1ccccc1-c1ncc(-c2ccc(Br)cc2)o1)N1CCCC1. The average Bonchev–Trinajstić information content (AvgIpc) is 3.34. The predicted molar refractivity (Wildman–Crippen MR) is 100 cm³/mol. The Labute approximate surface area is 154 Å². The number of hydrogen-bond donors (Lipinski definition) is 0. The van der Waals surface area contributed by atoms with Gasteiger partial charge in [-0.2, -0.15) is 0 Å². The maximum Gasteiger partial charge on any atom is 0.254 e. The molecule has 3 aromatic rings. The van der Waals surface area contributed by atoms with Gasteiger partial charge in [0, 0.05) is 28.7 Å². The Morgan fingerprint density at radius 3 is 2.52 bits per heavy atom. The first-order chi connectivity index (χ1) is 12.2. The lowest BCUT2D eigenvalue weighted by Gasteiger charge is -2.16. The van der Waals surface area contributed by atoms with Crippen molar-refractivity contribution in [2.75, 3.05) is 13.1 Å².